The number of aromatic nitrogens is 2. The number of aromatic amines is 1. The maximum absolute atomic E-state index is 11.4. The Labute approximate surface area is 82.5 Å². The van der Waals surface area contributed by atoms with Crippen LogP contribution in [0, 0.1) is 0 Å². The molecule has 1 atom stereocenters. The molecule has 1 rings (SSSR count). The van der Waals surface area contributed by atoms with E-state index in [4.69, 9.17) is 0 Å². The first-order valence-corrected chi connectivity index (χ1v) is 6.06. The van der Waals surface area contributed by atoms with Crippen LogP contribution < -0.4 is 0 Å². The van der Waals surface area contributed by atoms with Crippen LogP contribution in [0.5, 0.6) is 0 Å². The molecular weight excluding hydrogens is 204 g/mol. The molecule has 1 aromatic rings. The van der Waals surface area contributed by atoms with E-state index in [9.17, 15) is 13.2 Å². The number of hydrogen-bond donors (Lipinski definition) is 1. The number of Topliss-reactive ketones (excluding diaryl/α,β-unsaturated/α-hetero) is 1. The maximum Gasteiger partial charge on any atom is 0.158 e. The van der Waals surface area contributed by atoms with Crippen molar-refractivity contribution in [1.82, 2.24) is 9.97 Å². The van der Waals surface area contributed by atoms with Crippen LogP contribution in [-0.2, 0) is 21.1 Å². The zero-order chi connectivity index (χ0) is 10.8. The molecule has 0 bridgehead atoms. The number of nitrogens with one attached hydrogen (secondary N) is 1. The summed E-state index contributed by atoms with van der Waals surface area (Å²) in [4.78, 5) is 18.0. The first-order chi connectivity index (χ1) is 6.41. The topological polar surface area (TPSA) is 79.9 Å². The molecule has 5 nitrogen and oxygen atoms in total. The predicted octanol–water partition coefficient (Wildman–Crippen LogP) is -0.0456. The molecule has 1 aromatic heterocycles. The minimum Gasteiger partial charge on any atom is -0.348 e. The summed E-state index contributed by atoms with van der Waals surface area (Å²) in [6, 6.07) is 0. The molecule has 0 aliphatic carbocycles. The second kappa shape index (κ2) is 3.91. The van der Waals surface area contributed by atoms with Gasteiger partial charge in [-0.15, -0.1) is 0 Å². The summed E-state index contributed by atoms with van der Waals surface area (Å²) in [5.41, 5.74) is 0. The van der Waals surface area contributed by atoms with Gasteiger partial charge in [-0.3, -0.25) is 4.79 Å². The molecule has 1 unspecified atom stereocenters. The monoisotopic (exact) mass is 216 g/mol. The van der Waals surface area contributed by atoms with Gasteiger partial charge >= 0.3 is 0 Å². The summed E-state index contributed by atoms with van der Waals surface area (Å²) in [6.45, 7) is 1.39. The van der Waals surface area contributed by atoms with E-state index in [1.165, 1.54) is 13.1 Å². The van der Waals surface area contributed by atoms with E-state index in [-0.39, 0.29) is 12.2 Å². The Hall–Kier alpha value is -1.17. The molecule has 14 heavy (non-hydrogen) atoms. The van der Waals surface area contributed by atoms with Crippen LogP contribution in [0.15, 0.2) is 12.4 Å². The van der Waals surface area contributed by atoms with Crippen molar-refractivity contribution in [2.75, 3.05) is 6.26 Å². The smallest absolute Gasteiger partial charge is 0.158 e. The molecule has 0 aliphatic rings. The quantitative estimate of drug-likeness (QED) is 0.765. The molecule has 6 heteroatoms. The summed E-state index contributed by atoms with van der Waals surface area (Å²) in [7, 11) is -3.30. The largest absolute Gasteiger partial charge is 0.348 e. The molecular formula is C8H12N2O3S. The lowest BCUT2D eigenvalue weighted by Gasteiger charge is -2.06. The van der Waals surface area contributed by atoms with Gasteiger partial charge in [0.2, 0.25) is 0 Å². The van der Waals surface area contributed by atoms with Crippen LogP contribution in [0.4, 0.5) is 0 Å². The second-order valence-corrected chi connectivity index (χ2v) is 5.52. The minimum atomic E-state index is -3.30. The Morgan fingerprint density at radius 1 is 1.64 bits per heavy atom. The third kappa shape index (κ3) is 2.66. The molecule has 0 aliphatic heterocycles. The number of rotatable bonds is 4. The van der Waals surface area contributed by atoms with Gasteiger partial charge in [-0.25, -0.2) is 13.4 Å². The van der Waals surface area contributed by atoms with Crippen LogP contribution in [0.1, 0.15) is 12.7 Å². The lowest BCUT2D eigenvalue weighted by atomic mass is 10.2. The van der Waals surface area contributed by atoms with Gasteiger partial charge in [0.1, 0.15) is 11.1 Å². The molecule has 0 saturated heterocycles. The molecule has 0 amide bonds. The van der Waals surface area contributed by atoms with Gasteiger partial charge in [-0.2, -0.15) is 0 Å². The Balaban J connectivity index is 2.69. The van der Waals surface area contributed by atoms with Crippen LogP contribution in [-0.4, -0.2) is 35.7 Å². The fourth-order valence-electron chi connectivity index (χ4n) is 0.942. The highest BCUT2D eigenvalue weighted by Gasteiger charge is 2.23. The van der Waals surface area contributed by atoms with Crippen LogP contribution >= 0.6 is 0 Å². The number of nitrogens with zero attached hydrogens (tertiary/aromatic N) is 1. The number of carbonyl (C=O) groups is 1. The molecule has 1 N–H and O–H groups in total. The number of hydrogen-bond acceptors (Lipinski definition) is 4. The van der Waals surface area contributed by atoms with E-state index in [0.717, 1.165) is 6.26 Å². The second-order valence-electron chi connectivity index (χ2n) is 3.15. The predicted molar refractivity (Wildman–Crippen MR) is 51.6 cm³/mol. The highest BCUT2D eigenvalue weighted by atomic mass is 32.2. The van der Waals surface area contributed by atoms with Crippen molar-refractivity contribution in [3.05, 3.63) is 18.2 Å². The third-order valence-electron chi connectivity index (χ3n) is 1.99. The molecule has 1 heterocycles. The van der Waals surface area contributed by atoms with Crippen molar-refractivity contribution in [1.29, 1.82) is 0 Å². The summed E-state index contributed by atoms with van der Waals surface area (Å²) >= 11 is 0. The van der Waals surface area contributed by atoms with Gasteiger partial charge in [-0.05, 0) is 6.92 Å². The van der Waals surface area contributed by atoms with Crippen molar-refractivity contribution in [3.8, 4) is 0 Å². The van der Waals surface area contributed by atoms with E-state index < -0.39 is 15.1 Å². The first-order valence-electron chi connectivity index (χ1n) is 4.11. The number of H-pyrrole nitrogens is 1. The van der Waals surface area contributed by atoms with Gasteiger partial charge < -0.3 is 4.98 Å². The fraction of sp³-hybridized carbons (Fsp3) is 0.500. The highest BCUT2D eigenvalue weighted by Crippen LogP contribution is 2.03. The lowest BCUT2D eigenvalue weighted by Crippen LogP contribution is -2.27. The number of imidazole rings is 1. The van der Waals surface area contributed by atoms with Gasteiger partial charge in [0.25, 0.3) is 0 Å². The average Bonchev–Trinajstić information content (AvgIpc) is 2.53. The molecule has 0 radical (unpaired) electrons. The molecule has 0 aromatic carbocycles. The average molecular weight is 216 g/mol. The molecule has 0 saturated carbocycles. The van der Waals surface area contributed by atoms with Crippen LogP contribution in [0.25, 0.3) is 0 Å². The summed E-state index contributed by atoms with van der Waals surface area (Å²) in [5.74, 6) is 0.146. The first kappa shape index (κ1) is 10.9. The summed E-state index contributed by atoms with van der Waals surface area (Å²) in [6.07, 6.45) is 4.19. The van der Waals surface area contributed by atoms with Crippen molar-refractivity contribution in [3.63, 3.8) is 0 Å². The van der Waals surface area contributed by atoms with Crippen LogP contribution in [0.2, 0.25) is 0 Å². The standard InChI is InChI=1S/C8H12N2O3S/c1-6(14(2,12)13)7(11)5-8-9-3-4-10-8/h3-4,6H,5H2,1-2H3,(H,9,10). The highest BCUT2D eigenvalue weighted by molar-refractivity contribution is 7.92. The SMILES string of the molecule is CC(C(=O)Cc1ncc[nH]1)S(C)(=O)=O. The fourth-order valence-corrected chi connectivity index (χ4v) is 1.50. The van der Waals surface area contributed by atoms with E-state index >= 15 is 0 Å². The zero-order valence-corrected chi connectivity index (χ0v) is 8.84. The van der Waals surface area contributed by atoms with Gasteiger partial charge in [0, 0.05) is 18.6 Å². The van der Waals surface area contributed by atoms with Crippen molar-refractivity contribution in [2.45, 2.75) is 18.6 Å². The van der Waals surface area contributed by atoms with E-state index in [0.29, 0.717) is 5.82 Å². The van der Waals surface area contributed by atoms with Crippen LogP contribution in [0.3, 0.4) is 0 Å². The third-order valence-corrected chi connectivity index (χ3v) is 3.54. The van der Waals surface area contributed by atoms with E-state index in [1.807, 2.05) is 0 Å². The number of ketones is 1. The molecule has 0 fully saturated rings. The number of sulfone groups is 1. The Morgan fingerprint density at radius 2 is 2.29 bits per heavy atom. The minimum absolute atomic E-state index is 0.0290. The maximum atomic E-state index is 11.4. The van der Waals surface area contributed by atoms with E-state index in [1.54, 1.807) is 6.20 Å². The zero-order valence-electron chi connectivity index (χ0n) is 8.02. The Kier molecular flexibility index (Phi) is 3.05. The molecule has 78 valence electrons. The summed E-state index contributed by atoms with van der Waals surface area (Å²) < 4.78 is 22.1. The Morgan fingerprint density at radius 3 is 2.71 bits per heavy atom. The van der Waals surface area contributed by atoms with Crippen molar-refractivity contribution < 1.29 is 13.2 Å². The molecule has 0 spiro atoms. The van der Waals surface area contributed by atoms with Crippen molar-refractivity contribution >= 4 is 15.6 Å². The summed E-state index contributed by atoms with van der Waals surface area (Å²) in [5, 5.41) is -0.965. The Bertz CT molecular complexity index is 408. The normalized spacial score (nSPS) is 13.9. The van der Waals surface area contributed by atoms with Gasteiger partial charge in [-0.1, -0.05) is 0 Å². The number of carbonyl (C=O) groups excluding carboxylic acids is 1. The van der Waals surface area contributed by atoms with E-state index in [2.05, 4.69) is 9.97 Å². The van der Waals surface area contributed by atoms with Gasteiger partial charge in [0.15, 0.2) is 15.6 Å². The van der Waals surface area contributed by atoms with Crippen molar-refractivity contribution in [2.24, 2.45) is 0 Å². The van der Waals surface area contributed by atoms with Gasteiger partial charge in [0.05, 0.1) is 6.42 Å². The lowest BCUT2D eigenvalue weighted by molar-refractivity contribution is -0.117.